The van der Waals surface area contributed by atoms with Crippen molar-refractivity contribution >= 4 is 17.8 Å². The van der Waals surface area contributed by atoms with Gasteiger partial charge in [0.2, 0.25) is 0 Å². The Morgan fingerprint density at radius 3 is 2.32 bits per heavy atom. The molecule has 1 aromatic rings. The van der Waals surface area contributed by atoms with Crippen LogP contribution in [0.5, 0.6) is 5.75 Å². The van der Waals surface area contributed by atoms with Crippen LogP contribution in [0, 0.1) is 5.92 Å². The van der Waals surface area contributed by atoms with E-state index in [0.717, 1.165) is 0 Å². The number of oxime groups is 1. The smallest absolute Gasteiger partial charge is 0.335 e. The average molecular weight is 308 g/mol. The maximum absolute atomic E-state index is 11.4. The molecule has 0 fully saturated rings. The van der Waals surface area contributed by atoms with E-state index in [1.165, 1.54) is 6.92 Å². The highest BCUT2D eigenvalue weighted by atomic mass is 16.7. The third kappa shape index (κ3) is 5.82. The zero-order chi connectivity index (χ0) is 16.7. The molecule has 1 unspecified atom stereocenters. The first-order valence-corrected chi connectivity index (χ1v) is 6.82. The SMILES string of the molecule is CC(C)Oc1ccc(C(N)=NOC(=O)CC(C)C(=O)O)cc1. The second-order valence-electron chi connectivity index (χ2n) is 5.07. The van der Waals surface area contributed by atoms with E-state index in [1.807, 2.05) is 13.8 Å². The van der Waals surface area contributed by atoms with Gasteiger partial charge in [-0.1, -0.05) is 12.1 Å². The number of nitrogens with two attached hydrogens (primary N) is 1. The van der Waals surface area contributed by atoms with Crippen molar-refractivity contribution in [1.82, 2.24) is 0 Å². The van der Waals surface area contributed by atoms with Gasteiger partial charge in [0.15, 0.2) is 5.84 Å². The van der Waals surface area contributed by atoms with E-state index in [2.05, 4.69) is 9.99 Å². The van der Waals surface area contributed by atoms with Gasteiger partial charge < -0.3 is 20.4 Å². The number of rotatable bonds is 7. The number of amidine groups is 1. The van der Waals surface area contributed by atoms with Crippen LogP contribution >= 0.6 is 0 Å². The number of carbonyl (C=O) groups excluding carboxylic acids is 1. The first kappa shape index (κ1) is 17.5. The van der Waals surface area contributed by atoms with Crippen LogP contribution in [0.4, 0.5) is 0 Å². The third-order valence-corrected chi connectivity index (χ3v) is 2.66. The van der Waals surface area contributed by atoms with Crippen LogP contribution in [0.1, 0.15) is 32.8 Å². The zero-order valence-electron chi connectivity index (χ0n) is 12.8. The van der Waals surface area contributed by atoms with E-state index in [9.17, 15) is 9.59 Å². The quantitative estimate of drug-likeness (QED) is 0.343. The second kappa shape index (κ2) is 8.02. The Morgan fingerprint density at radius 2 is 1.82 bits per heavy atom. The number of carbonyl (C=O) groups is 2. The van der Waals surface area contributed by atoms with Crippen molar-refractivity contribution in [1.29, 1.82) is 0 Å². The topological polar surface area (TPSA) is 111 Å². The average Bonchev–Trinajstić information content (AvgIpc) is 2.44. The summed E-state index contributed by atoms with van der Waals surface area (Å²) in [6, 6.07) is 6.83. The monoisotopic (exact) mass is 308 g/mol. The number of hydrogen-bond donors (Lipinski definition) is 2. The van der Waals surface area contributed by atoms with Gasteiger partial charge in [0.25, 0.3) is 0 Å². The number of ether oxygens (including phenoxy) is 1. The van der Waals surface area contributed by atoms with E-state index in [0.29, 0.717) is 11.3 Å². The molecule has 0 bridgehead atoms. The first-order chi connectivity index (χ1) is 10.3. The van der Waals surface area contributed by atoms with E-state index < -0.39 is 17.9 Å². The Balaban J connectivity index is 2.61. The minimum Gasteiger partial charge on any atom is -0.491 e. The van der Waals surface area contributed by atoms with Crippen molar-refractivity contribution in [3.05, 3.63) is 29.8 Å². The predicted molar refractivity (Wildman–Crippen MR) is 80.4 cm³/mol. The summed E-state index contributed by atoms with van der Waals surface area (Å²) in [7, 11) is 0. The third-order valence-electron chi connectivity index (χ3n) is 2.66. The van der Waals surface area contributed by atoms with E-state index in [-0.39, 0.29) is 18.4 Å². The van der Waals surface area contributed by atoms with Crippen molar-refractivity contribution in [3.8, 4) is 5.75 Å². The lowest BCUT2D eigenvalue weighted by Gasteiger charge is -2.09. The van der Waals surface area contributed by atoms with Crippen molar-refractivity contribution in [3.63, 3.8) is 0 Å². The number of hydrogen-bond acceptors (Lipinski definition) is 5. The van der Waals surface area contributed by atoms with Crippen molar-refractivity contribution < 1.29 is 24.3 Å². The highest BCUT2D eigenvalue weighted by Crippen LogP contribution is 2.13. The Morgan fingerprint density at radius 1 is 1.23 bits per heavy atom. The summed E-state index contributed by atoms with van der Waals surface area (Å²) >= 11 is 0. The molecular formula is C15H20N2O5. The maximum atomic E-state index is 11.4. The molecule has 0 heterocycles. The Labute approximate surface area is 128 Å². The van der Waals surface area contributed by atoms with Gasteiger partial charge in [-0.3, -0.25) is 4.79 Å². The summed E-state index contributed by atoms with van der Waals surface area (Å²) in [6.07, 6.45) is -0.207. The van der Waals surface area contributed by atoms with Gasteiger partial charge in [-0.15, -0.1) is 0 Å². The predicted octanol–water partition coefficient (Wildman–Crippen LogP) is 1.75. The minimum absolute atomic E-state index is 0.0208. The number of benzene rings is 1. The molecule has 0 aromatic heterocycles. The Bertz CT molecular complexity index is 552. The summed E-state index contributed by atoms with van der Waals surface area (Å²) in [6.45, 7) is 5.24. The van der Waals surface area contributed by atoms with Crippen molar-refractivity contribution in [2.45, 2.75) is 33.3 Å². The van der Waals surface area contributed by atoms with Crippen LogP contribution in [-0.4, -0.2) is 29.0 Å². The molecule has 1 aromatic carbocycles. The van der Waals surface area contributed by atoms with Gasteiger partial charge >= 0.3 is 11.9 Å². The minimum atomic E-state index is -1.07. The summed E-state index contributed by atoms with van der Waals surface area (Å²) < 4.78 is 5.49. The van der Waals surface area contributed by atoms with Crippen molar-refractivity contribution in [2.75, 3.05) is 0 Å². The number of aliphatic carboxylic acids is 1. The fourth-order valence-corrected chi connectivity index (χ4v) is 1.50. The van der Waals surface area contributed by atoms with Gasteiger partial charge in [0.1, 0.15) is 5.75 Å². The number of nitrogens with zero attached hydrogens (tertiary/aromatic N) is 1. The molecule has 0 saturated carbocycles. The Kier molecular flexibility index (Phi) is 6.37. The fraction of sp³-hybridized carbons (Fsp3) is 0.400. The summed E-state index contributed by atoms with van der Waals surface area (Å²) in [5.41, 5.74) is 6.27. The first-order valence-electron chi connectivity index (χ1n) is 6.82. The van der Waals surface area contributed by atoms with E-state index in [1.54, 1.807) is 24.3 Å². The molecule has 7 nitrogen and oxygen atoms in total. The molecule has 0 aliphatic rings. The fourth-order valence-electron chi connectivity index (χ4n) is 1.50. The van der Waals surface area contributed by atoms with Gasteiger partial charge in [-0.05, 0) is 38.1 Å². The van der Waals surface area contributed by atoms with Gasteiger partial charge in [-0.25, -0.2) is 4.79 Å². The summed E-state index contributed by atoms with van der Waals surface area (Å²) in [5.74, 6) is -1.95. The standard InChI is InChI=1S/C15H20N2O5/c1-9(2)21-12-6-4-11(5-7-12)14(16)17-22-13(18)8-10(3)15(19)20/h4-7,9-10H,8H2,1-3H3,(H2,16,17)(H,19,20). The molecule has 0 spiro atoms. The number of carboxylic acids is 1. The van der Waals surface area contributed by atoms with Gasteiger partial charge in [0, 0.05) is 5.56 Å². The second-order valence-corrected chi connectivity index (χ2v) is 5.07. The molecule has 0 saturated heterocycles. The van der Waals surface area contributed by atoms with Crippen LogP contribution in [0.2, 0.25) is 0 Å². The molecule has 0 amide bonds. The lowest BCUT2D eigenvalue weighted by molar-refractivity contribution is -0.151. The molecule has 0 radical (unpaired) electrons. The van der Waals surface area contributed by atoms with E-state index >= 15 is 0 Å². The zero-order valence-corrected chi connectivity index (χ0v) is 12.8. The van der Waals surface area contributed by atoms with Gasteiger partial charge in [-0.2, -0.15) is 0 Å². The lowest BCUT2D eigenvalue weighted by atomic mass is 10.1. The van der Waals surface area contributed by atoms with Crippen LogP contribution < -0.4 is 10.5 Å². The maximum Gasteiger partial charge on any atom is 0.335 e. The highest BCUT2D eigenvalue weighted by Gasteiger charge is 2.17. The highest BCUT2D eigenvalue weighted by molar-refractivity contribution is 5.97. The van der Waals surface area contributed by atoms with Gasteiger partial charge in [0.05, 0.1) is 18.4 Å². The molecular weight excluding hydrogens is 288 g/mol. The van der Waals surface area contributed by atoms with Crippen LogP contribution in [0.3, 0.4) is 0 Å². The summed E-state index contributed by atoms with van der Waals surface area (Å²) in [5, 5.41) is 12.2. The van der Waals surface area contributed by atoms with Crippen LogP contribution in [-0.2, 0) is 14.4 Å². The molecule has 0 aliphatic heterocycles. The summed E-state index contributed by atoms with van der Waals surface area (Å²) in [4.78, 5) is 26.6. The largest absolute Gasteiger partial charge is 0.491 e. The molecule has 22 heavy (non-hydrogen) atoms. The molecule has 1 rings (SSSR count). The van der Waals surface area contributed by atoms with Crippen LogP contribution in [0.15, 0.2) is 29.4 Å². The molecule has 7 heteroatoms. The Hall–Kier alpha value is -2.57. The van der Waals surface area contributed by atoms with Crippen molar-refractivity contribution in [2.24, 2.45) is 16.8 Å². The van der Waals surface area contributed by atoms with Crippen LogP contribution in [0.25, 0.3) is 0 Å². The molecule has 3 N–H and O–H groups in total. The normalized spacial score (nSPS) is 12.8. The number of carboxylic acid groups (broad SMARTS) is 1. The molecule has 1 atom stereocenters. The lowest BCUT2D eigenvalue weighted by Crippen LogP contribution is -2.18. The van der Waals surface area contributed by atoms with E-state index in [4.69, 9.17) is 15.6 Å². The molecule has 0 aliphatic carbocycles. The molecule has 120 valence electrons.